The average molecular weight is 380 g/mol. The topological polar surface area (TPSA) is 76.3 Å². The molecule has 28 heavy (non-hydrogen) atoms. The molecule has 0 bridgehead atoms. The number of anilines is 1. The number of carbonyl (C=O) groups is 1. The van der Waals surface area contributed by atoms with Crippen LogP contribution in [-0.2, 0) is 13.1 Å². The number of aryl methyl sites for hydroxylation is 2. The third kappa shape index (κ3) is 3.15. The van der Waals surface area contributed by atoms with E-state index in [1.54, 1.807) is 20.2 Å². The molecule has 8 heteroatoms. The van der Waals surface area contributed by atoms with Gasteiger partial charge in [0.05, 0.1) is 11.0 Å². The number of amides is 1. The fourth-order valence-electron chi connectivity index (χ4n) is 3.63. The van der Waals surface area contributed by atoms with Crippen LogP contribution in [-0.4, -0.2) is 56.3 Å². The van der Waals surface area contributed by atoms with Gasteiger partial charge in [-0.05, 0) is 32.0 Å². The minimum absolute atomic E-state index is 0.0655. The van der Waals surface area contributed by atoms with Gasteiger partial charge in [-0.1, -0.05) is 12.1 Å². The van der Waals surface area contributed by atoms with E-state index in [2.05, 4.69) is 10.1 Å². The van der Waals surface area contributed by atoms with Crippen molar-refractivity contribution < 1.29 is 4.79 Å². The Kier molecular flexibility index (Phi) is 4.85. The van der Waals surface area contributed by atoms with E-state index in [9.17, 15) is 9.59 Å². The van der Waals surface area contributed by atoms with Gasteiger partial charge in [0.25, 0.3) is 11.5 Å². The fourth-order valence-corrected chi connectivity index (χ4v) is 3.63. The van der Waals surface area contributed by atoms with E-state index in [-0.39, 0.29) is 11.5 Å². The second-order valence-electron chi connectivity index (χ2n) is 6.81. The SMILES string of the molecule is CCn1ccc(C(=O)N2CCN(c3nc4ccccc4n(CC)c3=O)CC2)n1. The molecular formula is C20H24N6O2. The minimum Gasteiger partial charge on any atom is -0.348 e. The molecule has 3 aromatic rings. The quantitative estimate of drug-likeness (QED) is 0.687. The lowest BCUT2D eigenvalue weighted by Gasteiger charge is -2.35. The number of carbonyl (C=O) groups excluding carboxylic acids is 1. The first-order valence-corrected chi connectivity index (χ1v) is 9.69. The van der Waals surface area contributed by atoms with Crippen molar-refractivity contribution in [2.75, 3.05) is 31.1 Å². The first-order chi connectivity index (χ1) is 13.6. The van der Waals surface area contributed by atoms with Gasteiger partial charge in [-0.2, -0.15) is 5.10 Å². The smallest absolute Gasteiger partial charge is 0.293 e. The van der Waals surface area contributed by atoms with Gasteiger partial charge < -0.3 is 14.4 Å². The summed E-state index contributed by atoms with van der Waals surface area (Å²) in [6.07, 6.45) is 1.82. The lowest BCUT2D eigenvalue weighted by Crippen LogP contribution is -2.50. The van der Waals surface area contributed by atoms with Gasteiger partial charge in [-0.25, -0.2) is 4.98 Å². The van der Waals surface area contributed by atoms with Crippen molar-refractivity contribution in [2.45, 2.75) is 26.9 Å². The molecule has 8 nitrogen and oxygen atoms in total. The van der Waals surface area contributed by atoms with Crippen LogP contribution in [0.1, 0.15) is 24.3 Å². The highest BCUT2D eigenvalue weighted by Crippen LogP contribution is 2.16. The van der Waals surface area contributed by atoms with Crippen LogP contribution in [0.3, 0.4) is 0 Å². The summed E-state index contributed by atoms with van der Waals surface area (Å²) in [5.74, 6) is 0.396. The highest BCUT2D eigenvalue weighted by Gasteiger charge is 2.26. The predicted molar refractivity (Wildman–Crippen MR) is 108 cm³/mol. The molecule has 1 aliphatic heterocycles. The third-order valence-corrected chi connectivity index (χ3v) is 5.20. The largest absolute Gasteiger partial charge is 0.348 e. The summed E-state index contributed by atoms with van der Waals surface area (Å²) >= 11 is 0. The van der Waals surface area contributed by atoms with Crippen LogP contribution in [0, 0.1) is 0 Å². The van der Waals surface area contributed by atoms with Crippen molar-refractivity contribution in [1.82, 2.24) is 24.2 Å². The van der Waals surface area contributed by atoms with Crippen LogP contribution in [0.15, 0.2) is 41.3 Å². The predicted octanol–water partition coefficient (Wildman–Crippen LogP) is 1.60. The zero-order valence-electron chi connectivity index (χ0n) is 16.2. The zero-order valence-corrected chi connectivity index (χ0v) is 16.2. The number of para-hydroxylation sites is 2. The summed E-state index contributed by atoms with van der Waals surface area (Å²) < 4.78 is 3.50. The Bertz CT molecular complexity index is 1060. The molecule has 146 valence electrons. The Balaban J connectivity index is 1.54. The maximum absolute atomic E-state index is 13.0. The number of hydrogen-bond acceptors (Lipinski definition) is 5. The molecule has 1 aliphatic rings. The number of benzene rings is 1. The van der Waals surface area contributed by atoms with Gasteiger partial charge in [0.2, 0.25) is 0 Å². The molecule has 0 aliphatic carbocycles. The number of aromatic nitrogens is 4. The Hall–Kier alpha value is -3.16. The van der Waals surface area contributed by atoms with E-state index in [0.29, 0.717) is 44.2 Å². The van der Waals surface area contributed by atoms with E-state index in [1.165, 1.54) is 0 Å². The number of rotatable bonds is 4. The van der Waals surface area contributed by atoms with E-state index in [4.69, 9.17) is 0 Å². The van der Waals surface area contributed by atoms with Crippen molar-refractivity contribution in [3.05, 3.63) is 52.6 Å². The molecule has 1 saturated heterocycles. The lowest BCUT2D eigenvalue weighted by molar-refractivity contribution is 0.0739. The zero-order chi connectivity index (χ0) is 19.7. The Morgan fingerprint density at radius 3 is 2.46 bits per heavy atom. The van der Waals surface area contributed by atoms with Crippen LogP contribution in [0.25, 0.3) is 11.0 Å². The van der Waals surface area contributed by atoms with Gasteiger partial charge in [0, 0.05) is 45.5 Å². The standard InChI is InChI=1S/C20H24N6O2/c1-3-25-10-9-16(22-25)19(27)24-13-11-23(12-14-24)18-20(28)26(4-2)17-8-6-5-7-15(17)21-18/h5-10H,3-4,11-14H2,1-2H3. The number of piperazine rings is 1. The van der Waals surface area contributed by atoms with Crippen LogP contribution in [0.4, 0.5) is 5.82 Å². The molecule has 3 heterocycles. The van der Waals surface area contributed by atoms with Gasteiger partial charge in [-0.15, -0.1) is 0 Å². The average Bonchev–Trinajstić information content (AvgIpc) is 3.22. The van der Waals surface area contributed by atoms with Gasteiger partial charge in [0.1, 0.15) is 5.69 Å². The minimum atomic E-state index is -0.0809. The van der Waals surface area contributed by atoms with Crippen molar-refractivity contribution >= 4 is 22.8 Å². The van der Waals surface area contributed by atoms with Gasteiger partial charge >= 0.3 is 0 Å². The summed E-state index contributed by atoms with van der Waals surface area (Å²) in [5, 5.41) is 4.30. The summed E-state index contributed by atoms with van der Waals surface area (Å²) in [4.78, 5) is 34.0. The molecule has 1 amide bonds. The maximum Gasteiger partial charge on any atom is 0.293 e. The molecule has 0 N–H and O–H groups in total. The molecule has 4 rings (SSSR count). The molecule has 0 unspecified atom stereocenters. The molecule has 0 saturated carbocycles. The summed E-state index contributed by atoms with van der Waals surface area (Å²) in [6, 6.07) is 9.44. The lowest BCUT2D eigenvalue weighted by atomic mass is 10.2. The molecule has 0 radical (unpaired) electrons. The van der Waals surface area contributed by atoms with Gasteiger partial charge in [0.15, 0.2) is 5.82 Å². The number of hydrogen-bond donors (Lipinski definition) is 0. The molecular weight excluding hydrogens is 356 g/mol. The maximum atomic E-state index is 13.0. The van der Waals surface area contributed by atoms with Crippen LogP contribution in [0.2, 0.25) is 0 Å². The van der Waals surface area contributed by atoms with Gasteiger partial charge in [-0.3, -0.25) is 14.3 Å². The summed E-state index contributed by atoms with van der Waals surface area (Å²) in [7, 11) is 0. The highest BCUT2D eigenvalue weighted by atomic mass is 16.2. The molecule has 0 atom stereocenters. The third-order valence-electron chi connectivity index (χ3n) is 5.20. The van der Waals surface area contributed by atoms with Crippen LogP contribution < -0.4 is 10.5 Å². The van der Waals surface area contributed by atoms with E-state index < -0.39 is 0 Å². The van der Waals surface area contributed by atoms with Crippen LogP contribution in [0.5, 0.6) is 0 Å². The molecule has 1 aromatic carbocycles. The van der Waals surface area contributed by atoms with Crippen molar-refractivity contribution in [3.63, 3.8) is 0 Å². The van der Waals surface area contributed by atoms with E-state index in [0.717, 1.165) is 17.6 Å². The van der Waals surface area contributed by atoms with Crippen molar-refractivity contribution in [2.24, 2.45) is 0 Å². The van der Waals surface area contributed by atoms with E-state index >= 15 is 0 Å². The Morgan fingerprint density at radius 2 is 1.79 bits per heavy atom. The normalized spacial score (nSPS) is 14.6. The first kappa shape index (κ1) is 18.2. The summed E-state index contributed by atoms with van der Waals surface area (Å²) in [5.41, 5.74) is 2.04. The van der Waals surface area contributed by atoms with Crippen molar-refractivity contribution in [3.8, 4) is 0 Å². The second kappa shape index (κ2) is 7.46. The second-order valence-corrected chi connectivity index (χ2v) is 6.81. The molecule has 0 spiro atoms. The Labute approximate surface area is 163 Å². The fraction of sp³-hybridized carbons (Fsp3) is 0.400. The van der Waals surface area contributed by atoms with Crippen molar-refractivity contribution in [1.29, 1.82) is 0 Å². The monoisotopic (exact) mass is 380 g/mol. The van der Waals surface area contributed by atoms with Crippen LogP contribution >= 0.6 is 0 Å². The van der Waals surface area contributed by atoms with E-state index in [1.807, 2.05) is 49.2 Å². The Morgan fingerprint density at radius 1 is 1.04 bits per heavy atom. The molecule has 1 fully saturated rings. The first-order valence-electron chi connectivity index (χ1n) is 9.69. The highest BCUT2D eigenvalue weighted by molar-refractivity contribution is 5.92. The summed E-state index contributed by atoms with van der Waals surface area (Å²) in [6.45, 7) is 7.50. The molecule has 2 aromatic heterocycles. The number of fused-ring (bicyclic) bond motifs is 1. The number of nitrogens with zero attached hydrogens (tertiary/aromatic N) is 6.